The molecular formula is C20H34IN3O3. The molecule has 0 spiro atoms. The SMILES string of the molecule is CCOCCOCc1cccc(CNC(=NC)N(C)CC2CCOC2)c1.I. The number of aliphatic imine (C=N–C) groups is 1. The van der Waals surface area contributed by atoms with Crippen LogP contribution < -0.4 is 5.32 Å². The lowest BCUT2D eigenvalue weighted by Gasteiger charge is -2.24. The Kier molecular flexibility index (Phi) is 12.6. The third kappa shape index (κ3) is 9.23. The number of benzene rings is 1. The Bertz CT molecular complexity index is 551. The van der Waals surface area contributed by atoms with Crippen molar-refractivity contribution in [1.82, 2.24) is 10.2 Å². The molecule has 1 aliphatic rings. The van der Waals surface area contributed by atoms with Crippen LogP contribution in [0.25, 0.3) is 0 Å². The minimum atomic E-state index is 0. The smallest absolute Gasteiger partial charge is 0.193 e. The molecule has 7 heteroatoms. The molecule has 1 unspecified atom stereocenters. The van der Waals surface area contributed by atoms with Crippen molar-refractivity contribution in [3.8, 4) is 0 Å². The maximum absolute atomic E-state index is 5.65. The van der Waals surface area contributed by atoms with Gasteiger partial charge < -0.3 is 24.4 Å². The highest BCUT2D eigenvalue weighted by molar-refractivity contribution is 14.0. The number of rotatable bonds is 10. The summed E-state index contributed by atoms with van der Waals surface area (Å²) >= 11 is 0. The Hall–Kier alpha value is -0.900. The molecule has 27 heavy (non-hydrogen) atoms. The molecular weight excluding hydrogens is 457 g/mol. The molecule has 1 heterocycles. The summed E-state index contributed by atoms with van der Waals surface area (Å²) in [4.78, 5) is 6.58. The number of hydrogen-bond donors (Lipinski definition) is 1. The zero-order valence-electron chi connectivity index (χ0n) is 16.8. The fourth-order valence-corrected chi connectivity index (χ4v) is 3.05. The molecule has 1 saturated heterocycles. The topological polar surface area (TPSA) is 55.3 Å². The number of ether oxygens (including phenoxy) is 3. The van der Waals surface area contributed by atoms with Gasteiger partial charge in [-0.3, -0.25) is 4.99 Å². The minimum Gasteiger partial charge on any atom is -0.381 e. The van der Waals surface area contributed by atoms with Crippen molar-refractivity contribution in [1.29, 1.82) is 0 Å². The van der Waals surface area contributed by atoms with Crippen LogP contribution in [0.1, 0.15) is 24.5 Å². The standard InChI is InChI=1S/C20H33N3O3.HI/c1-4-24-10-11-26-15-18-7-5-6-17(12-18)13-22-20(21-2)23(3)14-19-8-9-25-16-19;/h5-7,12,19H,4,8-11,13-16H2,1-3H3,(H,21,22);1H. The van der Waals surface area contributed by atoms with Crippen LogP contribution in [0, 0.1) is 5.92 Å². The van der Waals surface area contributed by atoms with Gasteiger partial charge in [-0.25, -0.2) is 0 Å². The molecule has 1 aliphatic heterocycles. The molecule has 6 nitrogen and oxygen atoms in total. The van der Waals surface area contributed by atoms with Crippen LogP contribution >= 0.6 is 24.0 Å². The molecule has 1 atom stereocenters. The highest BCUT2D eigenvalue weighted by Gasteiger charge is 2.18. The van der Waals surface area contributed by atoms with Gasteiger partial charge in [0.1, 0.15) is 0 Å². The molecule has 1 fully saturated rings. The molecule has 0 radical (unpaired) electrons. The molecule has 1 aromatic rings. The fraction of sp³-hybridized carbons (Fsp3) is 0.650. The van der Waals surface area contributed by atoms with Gasteiger partial charge in [-0.05, 0) is 24.5 Å². The Balaban J connectivity index is 0.00000364. The fourth-order valence-electron chi connectivity index (χ4n) is 3.05. The predicted octanol–water partition coefficient (Wildman–Crippen LogP) is 2.90. The van der Waals surface area contributed by atoms with E-state index in [0.29, 0.717) is 25.7 Å². The second-order valence-corrected chi connectivity index (χ2v) is 6.58. The summed E-state index contributed by atoms with van der Waals surface area (Å²) in [6.07, 6.45) is 1.13. The van der Waals surface area contributed by atoms with Gasteiger partial charge >= 0.3 is 0 Å². The predicted molar refractivity (Wildman–Crippen MR) is 120 cm³/mol. The van der Waals surface area contributed by atoms with E-state index in [1.807, 2.05) is 14.0 Å². The van der Waals surface area contributed by atoms with E-state index in [1.165, 1.54) is 11.1 Å². The summed E-state index contributed by atoms with van der Waals surface area (Å²) in [6, 6.07) is 8.45. The number of nitrogens with one attached hydrogen (secondary N) is 1. The zero-order valence-corrected chi connectivity index (χ0v) is 19.1. The summed E-state index contributed by atoms with van der Waals surface area (Å²) in [5.74, 6) is 1.51. The van der Waals surface area contributed by atoms with Gasteiger partial charge in [0.05, 0.1) is 26.4 Å². The lowest BCUT2D eigenvalue weighted by Crippen LogP contribution is -2.41. The van der Waals surface area contributed by atoms with Crippen molar-refractivity contribution in [3.05, 3.63) is 35.4 Å². The summed E-state index contributed by atoms with van der Waals surface area (Å²) in [5.41, 5.74) is 2.39. The van der Waals surface area contributed by atoms with Gasteiger partial charge in [-0.15, -0.1) is 24.0 Å². The summed E-state index contributed by atoms with van der Waals surface area (Å²) < 4.78 is 16.4. The van der Waals surface area contributed by atoms with Crippen molar-refractivity contribution in [2.75, 3.05) is 53.7 Å². The molecule has 0 aliphatic carbocycles. The second kappa shape index (κ2) is 14.1. The molecule has 0 saturated carbocycles. The lowest BCUT2D eigenvalue weighted by atomic mass is 10.1. The summed E-state index contributed by atoms with van der Waals surface area (Å²) in [7, 11) is 3.91. The third-order valence-corrected chi connectivity index (χ3v) is 4.42. The van der Waals surface area contributed by atoms with Crippen molar-refractivity contribution in [3.63, 3.8) is 0 Å². The molecule has 1 aromatic carbocycles. The first-order chi connectivity index (χ1) is 12.7. The Morgan fingerprint density at radius 1 is 1.30 bits per heavy atom. The first-order valence-electron chi connectivity index (χ1n) is 9.45. The van der Waals surface area contributed by atoms with Crippen molar-refractivity contribution in [2.45, 2.75) is 26.5 Å². The summed E-state index contributed by atoms with van der Waals surface area (Å²) in [5, 5.41) is 3.44. The van der Waals surface area contributed by atoms with Crippen LogP contribution in [0.15, 0.2) is 29.3 Å². The number of halogens is 1. The average molecular weight is 491 g/mol. The summed E-state index contributed by atoms with van der Waals surface area (Å²) in [6.45, 7) is 8.04. The number of hydrogen-bond acceptors (Lipinski definition) is 4. The van der Waals surface area contributed by atoms with Crippen molar-refractivity contribution < 1.29 is 14.2 Å². The van der Waals surface area contributed by atoms with Crippen LogP contribution in [0.3, 0.4) is 0 Å². The number of guanidine groups is 1. The van der Waals surface area contributed by atoms with Crippen molar-refractivity contribution in [2.24, 2.45) is 10.9 Å². The second-order valence-electron chi connectivity index (χ2n) is 6.58. The van der Waals surface area contributed by atoms with Gasteiger partial charge in [-0.1, -0.05) is 24.3 Å². The van der Waals surface area contributed by atoms with Crippen LogP contribution in [0.5, 0.6) is 0 Å². The van der Waals surface area contributed by atoms with Crippen LogP contribution in [-0.4, -0.2) is 64.5 Å². The van der Waals surface area contributed by atoms with E-state index >= 15 is 0 Å². The Labute approximate surface area is 180 Å². The highest BCUT2D eigenvalue weighted by Crippen LogP contribution is 2.13. The van der Waals surface area contributed by atoms with E-state index in [1.54, 1.807) is 0 Å². The van der Waals surface area contributed by atoms with Gasteiger partial charge in [-0.2, -0.15) is 0 Å². The normalized spacial score (nSPS) is 16.9. The first-order valence-corrected chi connectivity index (χ1v) is 9.45. The third-order valence-electron chi connectivity index (χ3n) is 4.42. The van der Waals surface area contributed by atoms with Gasteiger partial charge in [0.2, 0.25) is 0 Å². The van der Waals surface area contributed by atoms with Crippen LogP contribution in [0.2, 0.25) is 0 Å². The lowest BCUT2D eigenvalue weighted by molar-refractivity contribution is 0.0453. The van der Waals surface area contributed by atoms with Crippen LogP contribution in [0.4, 0.5) is 0 Å². The Morgan fingerprint density at radius 2 is 2.07 bits per heavy atom. The van der Waals surface area contributed by atoms with E-state index in [4.69, 9.17) is 14.2 Å². The molecule has 0 aromatic heterocycles. The minimum absolute atomic E-state index is 0. The molecule has 0 bridgehead atoms. The van der Waals surface area contributed by atoms with Crippen molar-refractivity contribution >= 4 is 29.9 Å². The molecule has 0 amide bonds. The van der Waals surface area contributed by atoms with E-state index in [9.17, 15) is 0 Å². The van der Waals surface area contributed by atoms with Crippen LogP contribution in [-0.2, 0) is 27.4 Å². The Morgan fingerprint density at radius 3 is 2.78 bits per heavy atom. The monoisotopic (exact) mass is 491 g/mol. The molecule has 1 N–H and O–H groups in total. The largest absolute Gasteiger partial charge is 0.381 e. The van der Waals surface area contributed by atoms with Gasteiger partial charge in [0.15, 0.2) is 5.96 Å². The molecule has 2 rings (SSSR count). The highest BCUT2D eigenvalue weighted by atomic mass is 127. The average Bonchev–Trinajstić information content (AvgIpc) is 3.15. The van der Waals surface area contributed by atoms with E-state index < -0.39 is 0 Å². The van der Waals surface area contributed by atoms with Gasteiger partial charge in [0.25, 0.3) is 0 Å². The van der Waals surface area contributed by atoms with E-state index in [-0.39, 0.29) is 24.0 Å². The molecule has 154 valence electrons. The zero-order chi connectivity index (χ0) is 18.6. The first kappa shape index (κ1) is 24.1. The quantitative estimate of drug-likeness (QED) is 0.236. The van der Waals surface area contributed by atoms with E-state index in [0.717, 1.165) is 45.3 Å². The maximum Gasteiger partial charge on any atom is 0.193 e. The van der Waals surface area contributed by atoms with E-state index in [2.05, 4.69) is 46.5 Å². The van der Waals surface area contributed by atoms with Gasteiger partial charge in [0, 0.05) is 46.3 Å². The number of nitrogens with zero attached hydrogens (tertiary/aromatic N) is 2. The maximum atomic E-state index is 5.65.